The van der Waals surface area contributed by atoms with Crippen molar-refractivity contribution < 1.29 is 9.90 Å². The Morgan fingerprint density at radius 1 is 1.56 bits per heavy atom. The summed E-state index contributed by atoms with van der Waals surface area (Å²) in [5.74, 6) is -0.0517. The maximum absolute atomic E-state index is 11.7. The lowest BCUT2D eigenvalue weighted by Crippen LogP contribution is -2.18. The van der Waals surface area contributed by atoms with Gasteiger partial charge in [0.1, 0.15) is 5.75 Å². The van der Waals surface area contributed by atoms with E-state index < -0.39 is 0 Å². The van der Waals surface area contributed by atoms with Crippen molar-refractivity contribution in [1.82, 2.24) is 5.32 Å². The van der Waals surface area contributed by atoms with Crippen molar-refractivity contribution in [2.24, 2.45) is 0 Å². The number of fused-ring (bicyclic) bond motifs is 1. The molecule has 0 bridgehead atoms. The molecule has 1 heterocycles. The maximum atomic E-state index is 11.7. The third-order valence-corrected chi connectivity index (χ3v) is 3.39. The summed E-state index contributed by atoms with van der Waals surface area (Å²) in [5, 5.41) is 19.9. The van der Waals surface area contributed by atoms with Gasteiger partial charge in [-0.05, 0) is 18.2 Å². The number of amides is 1. The molecular weight excluding hydrogens is 224 g/mol. The number of rotatable bonds is 2. The van der Waals surface area contributed by atoms with Gasteiger partial charge in [-0.1, -0.05) is 0 Å². The van der Waals surface area contributed by atoms with Crippen LogP contribution in [0.5, 0.6) is 5.75 Å². The predicted molar refractivity (Wildman–Crippen MR) is 64.8 cm³/mol. The lowest BCUT2D eigenvalue weighted by Gasteiger charge is -1.99. The van der Waals surface area contributed by atoms with Crippen molar-refractivity contribution in [3.05, 3.63) is 28.6 Å². The minimum absolute atomic E-state index is 0.161. The Kier molecular flexibility index (Phi) is 2.62. The number of carbonyl (C=O) groups is 1. The summed E-state index contributed by atoms with van der Waals surface area (Å²) in [6, 6.07) is 4.83. The van der Waals surface area contributed by atoms with Gasteiger partial charge in [-0.15, -0.1) is 11.3 Å². The van der Waals surface area contributed by atoms with Gasteiger partial charge in [0, 0.05) is 23.3 Å². The quantitative estimate of drug-likeness (QED) is 0.695. The Hall–Kier alpha value is -1.88. The summed E-state index contributed by atoms with van der Waals surface area (Å²) >= 11 is 1.32. The Balaban J connectivity index is 2.78. The topological polar surface area (TPSA) is 73.2 Å². The number of carbonyl (C=O) groups excluding carboxylic acids is 1. The number of hydrogen-bond acceptors (Lipinski definition) is 4. The summed E-state index contributed by atoms with van der Waals surface area (Å²) < 4.78 is 0.803. The Bertz CT molecular complexity index is 575. The molecule has 0 radical (unpaired) electrons. The van der Waals surface area contributed by atoms with Crippen LogP contribution in [-0.2, 0) is 0 Å². The minimum Gasteiger partial charge on any atom is -0.508 e. The average Bonchev–Trinajstić information content (AvgIpc) is 2.65. The zero-order chi connectivity index (χ0) is 11.7. The largest absolute Gasteiger partial charge is 0.508 e. The summed E-state index contributed by atoms with van der Waals surface area (Å²) in [4.78, 5) is 12.3. The molecule has 2 rings (SSSR count). The van der Waals surface area contributed by atoms with Crippen molar-refractivity contribution in [2.45, 2.75) is 0 Å². The molecule has 0 aliphatic heterocycles. The van der Waals surface area contributed by atoms with E-state index in [2.05, 4.69) is 5.32 Å². The molecule has 0 unspecified atom stereocenters. The molecule has 0 saturated heterocycles. The van der Waals surface area contributed by atoms with Crippen LogP contribution in [0.2, 0.25) is 0 Å². The van der Waals surface area contributed by atoms with E-state index in [0.717, 1.165) is 16.3 Å². The number of hydrogen-bond donors (Lipinski definition) is 3. The predicted octanol–water partition coefficient (Wildman–Crippen LogP) is 1.96. The van der Waals surface area contributed by atoms with Gasteiger partial charge in [-0.25, -0.2) is 0 Å². The van der Waals surface area contributed by atoms with Crippen LogP contribution < -0.4 is 5.32 Å². The molecule has 2 aromatic rings. The number of aromatic hydroxyl groups is 1. The fourth-order valence-electron chi connectivity index (χ4n) is 1.57. The third kappa shape index (κ3) is 1.55. The molecule has 4 nitrogen and oxygen atoms in total. The second-order valence-corrected chi connectivity index (χ2v) is 4.33. The molecular formula is C11H10N2O2S. The van der Waals surface area contributed by atoms with Crippen molar-refractivity contribution in [3.63, 3.8) is 0 Å². The molecule has 0 spiro atoms. The summed E-state index contributed by atoms with van der Waals surface area (Å²) in [5.41, 5.74) is 0.498. The molecule has 3 N–H and O–H groups in total. The van der Waals surface area contributed by atoms with Crippen LogP contribution in [0.4, 0.5) is 0 Å². The van der Waals surface area contributed by atoms with E-state index in [0.29, 0.717) is 10.4 Å². The van der Waals surface area contributed by atoms with Gasteiger partial charge in [-0.2, -0.15) is 0 Å². The van der Waals surface area contributed by atoms with Gasteiger partial charge in [0.2, 0.25) is 0 Å². The maximum Gasteiger partial charge on any atom is 0.253 e. The first-order valence-corrected chi connectivity index (χ1v) is 5.47. The first kappa shape index (κ1) is 10.6. The van der Waals surface area contributed by atoms with Crippen molar-refractivity contribution in [3.8, 4) is 5.75 Å². The molecule has 1 amide bonds. The molecule has 0 aliphatic rings. The van der Waals surface area contributed by atoms with Crippen LogP contribution >= 0.6 is 11.3 Å². The van der Waals surface area contributed by atoms with E-state index in [-0.39, 0.29) is 11.7 Å². The van der Waals surface area contributed by atoms with Crippen molar-refractivity contribution >= 4 is 33.5 Å². The molecule has 0 fully saturated rings. The highest BCUT2D eigenvalue weighted by molar-refractivity contribution is 7.21. The molecule has 5 heteroatoms. The molecule has 0 saturated carbocycles. The summed E-state index contributed by atoms with van der Waals surface area (Å²) in [6.07, 6.45) is 1.16. The van der Waals surface area contributed by atoms with Crippen LogP contribution in [0.1, 0.15) is 15.2 Å². The Morgan fingerprint density at radius 2 is 2.31 bits per heavy atom. The number of nitrogens with one attached hydrogen (secondary N) is 2. The summed E-state index contributed by atoms with van der Waals surface area (Å²) in [6.45, 7) is 0. The van der Waals surface area contributed by atoms with Crippen LogP contribution in [-0.4, -0.2) is 24.3 Å². The first-order chi connectivity index (χ1) is 7.67. The van der Waals surface area contributed by atoms with E-state index in [1.807, 2.05) is 0 Å². The first-order valence-electron chi connectivity index (χ1n) is 4.65. The second-order valence-electron chi connectivity index (χ2n) is 3.25. The Morgan fingerprint density at radius 3 is 2.94 bits per heavy atom. The molecule has 1 aromatic heterocycles. The third-order valence-electron chi connectivity index (χ3n) is 2.29. The number of thiophene rings is 1. The molecule has 0 aliphatic carbocycles. The zero-order valence-corrected chi connectivity index (χ0v) is 9.39. The zero-order valence-electron chi connectivity index (χ0n) is 8.57. The SMILES string of the molecule is CNC(=O)c1c(C=N)sc2cc(O)ccc12. The molecule has 16 heavy (non-hydrogen) atoms. The Labute approximate surface area is 96.0 Å². The lowest BCUT2D eigenvalue weighted by molar-refractivity contribution is 0.0965. The highest BCUT2D eigenvalue weighted by Crippen LogP contribution is 2.32. The summed E-state index contributed by atoms with van der Waals surface area (Å²) in [7, 11) is 1.56. The van der Waals surface area contributed by atoms with Crippen LogP contribution in [0, 0.1) is 5.41 Å². The van der Waals surface area contributed by atoms with Gasteiger partial charge in [-0.3, -0.25) is 4.79 Å². The van der Waals surface area contributed by atoms with Crippen molar-refractivity contribution in [1.29, 1.82) is 5.41 Å². The van der Waals surface area contributed by atoms with E-state index in [1.54, 1.807) is 19.2 Å². The normalized spacial score (nSPS) is 10.3. The van der Waals surface area contributed by atoms with Gasteiger partial charge in [0.05, 0.1) is 10.4 Å². The van der Waals surface area contributed by atoms with Gasteiger partial charge < -0.3 is 15.8 Å². The number of phenolic OH excluding ortho intramolecular Hbond substituents is 1. The molecule has 1 aromatic carbocycles. The van der Waals surface area contributed by atoms with Crippen molar-refractivity contribution in [2.75, 3.05) is 7.05 Å². The smallest absolute Gasteiger partial charge is 0.253 e. The standard InChI is InChI=1S/C11H10N2O2S/c1-13-11(15)10-7-3-2-6(14)4-8(7)16-9(10)5-12/h2-5,12,14H,1H3,(H,13,15). The fourth-order valence-corrected chi connectivity index (χ4v) is 2.63. The van der Waals surface area contributed by atoms with E-state index >= 15 is 0 Å². The van der Waals surface area contributed by atoms with Gasteiger partial charge in [0.25, 0.3) is 5.91 Å². The second kappa shape index (κ2) is 3.94. The van der Waals surface area contributed by atoms with E-state index in [9.17, 15) is 9.90 Å². The fraction of sp³-hybridized carbons (Fsp3) is 0.0909. The lowest BCUT2D eigenvalue weighted by atomic mass is 10.1. The van der Waals surface area contributed by atoms with Crippen LogP contribution in [0.25, 0.3) is 10.1 Å². The van der Waals surface area contributed by atoms with Gasteiger partial charge >= 0.3 is 0 Å². The highest BCUT2D eigenvalue weighted by atomic mass is 32.1. The molecule has 82 valence electrons. The number of benzene rings is 1. The van der Waals surface area contributed by atoms with Crippen LogP contribution in [0.15, 0.2) is 18.2 Å². The van der Waals surface area contributed by atoms with Gasteiger partial charge in [0.15, 0.2) is 0 Å². The number of phenols is 1. The monoisotopic (exact) mass is 234 g/mol. The highest BCUT2D eigenvalue weighted by Gasteiger charge is 2.16. The van der Waals surface area contributed by atoms with Crippen LogP contribution in [0.3, 0.4) is 0 Å². The van der Waals surface area contributed by atoms with E-state index in [4.69, 9.17) is 5.41 Å². The average molecular weight is 234 g/mol. The molecule has 0 atom stereocenters. The minimum atomic E-state index is -0.213. The van der Waals surface area contributed by atoms with E-state index in [1.165, 1.54) is 17.4 Å².